The highest BCUT2D eigenvalue weighted by Gasteiger charge is 2.22. The van der Waals surface area contributed by atoms with E-state index in [1.54, 1.807) is 0 Å². The first kappa shape index (κ1) is 15.3. The first-order valence-electron chi connectivity index (χ1n) is 7.79. The van der Waals surface area contributed by atoms with Gasteiger partial charge < -0.3 is 14.2 Å². The van der Waals surface area contributed by atoms with Crippen LogP contribution < -0.4 is 4.74 Å². The minimum Gasteiger partial charge on any atom is -0.494 e. The normalized spacial score (nSPS) is 22.7. The van der Waals surface area contributed by atoms with Crippen LogP contribution in [0.1, 0.15) is 51.4 Å². The fourth-order valence-electron chi connectivity index (χ4n) is 2.37. The van der Waals surface area contributed by atoms with Gasteiger partial charge in [-0.1, -0.05) is 38.8 Å². The van der Waals surface area contributed by atoms with Crippen LogP contribution in [0.15, 0.2) is 24.3 Å². The van der Waals surface area contributed by atoms with Crippen molar-refractivity contribution < 1.29 is 14.2 Å². The van der Waals surface area contributed by atoms with Gasteiger partial charge in [0.15, 0.2) is 6.29 Å². The molecule has 3 heteroatoms. The van der Waals surface area contributed by atoms with E-state index in [1.165, 1.54) is 12.8 Å². The summed E-state index contributed by atoms with van der Waals surface area (Å²) < 4.78 is 17.3. The summed E-state index contributed by atoms with van der Waals surface area (Å²) in [5, 5.41) is 0. The lowest BCUT2D eigenvalue weighted by atomic mass is 10.1. The Morgan fingerprint density at radius 1 is 1.05 bits per heavy atom. The van der Waals surface area contributed by atoms with Crippen LogP contribution >= 0.6 is 0 Å². The quantitative estimate of drug-likeness (QED) is 0.695. The van der Waals surface area contributed by atoms with Gasteiger partial charge in [-0.05, 0) is 25.0 Å². The molecule has 0 aliphatic carbocycles. The van der Waals surface area contributed by atoms with Crippen LogP contribution in [0.2, 0.25) is 0 Å². The molecule has 2 rings (SSSR count). The SMILES string of the molecule is CCCCOc1ccc(C2OCC(CCC)CO2)cc1. The van der Waals surface area contributed by atoms with Crippen molar-refractivity contribution in [3.63, 3.8) is 0 Å². The second kappa shape index (κ2) is 8.28. The van der Waals surface area contributed by atoms with Gasteiger partial charge in [-0.3, -0.25) is 0 Å². The molecule has 1 aliphatic rings. The zero-order chi connectivity index (χ0) is 14.2. The van der Waals surface area contributed by atoms with Gasteiger partial charge >= 0.3 is 0 Å². The summed E-state index contributed by atoms with van der Waals surface area (Å²) in [5.74, 6) is 1.47. The zero-order valence-electron chi connectivity index (χ0n) is 12.6. The van der Waals surface area contributed by atoms with E-state index in [-0.39, 0.29) is 6.29 Å². The van der Waals surface area contributed by atoms with Crippen molar-refractivity contribution in [2.24, 2.45) is 5.92 Å². The van der Waals surface area contributed by atoms with Crippen LogP contribution in [-0.4, -0.2) is 19.8 Å². The monoisotopic (exact) mass is 278 g/mol. The summed E-state index contributed by atoms with van der Waals surface area (Å²) in [6.07, 6.45) is 4.40. The molecule has 1 aromatic carbocycles. The minimum absolute atomic E-state index is 0.215. The second-order valence-corrected chi connectivity index (χ2v) is 5.42. The van der Waals surface area contributed by atoms with Gasteiger partial charge in [0.1, 0.15) is 5.75 Å². The van der Waals surface area contributed by atoms with Gasteiger partial charge in [0.05, 0.1) is 19.8 Å². The van der Waals surface area contributed by atoms with Gasteiger partial charge in [-0.25, -0.2) is 0 Å². The molecule has 1 fully saturated rings. The Morgan fingerprint density at radius 2 is 1.75 bits per heavy atom. The van der Waals surface area contributed by atoms with Crippen molar-refractivity contribution in [3.8, 4) is 5.75 Å². The summed E-state index contributed by atoms with van der Waals surface area (Å²) in [4.78, 5) is 0. The van der Waals surface area contributed by atoms with E-state index in [9.17, 15) is 0 Å². The first-order valence-corrected chi connectivity index (χ1v) is 7.79. The Kier molecular flexibility index (Phi) is 6.34. The lowest BCUT2D eigenvalue weighted by molar-refractivity contribution is -0.206. The topological polar surface area (TPSA) is 27.7 Å². The van der Waals surface area contributed by atoms with Crippen molar-refractivity contribution in [2.45, 2.75) is 45.8 Å². The van der Waals surface area contributed by atoms with E-state index in [2.05, 4.69) is 13.8 Å². The van der Waals surface area contributed by atoms with E-state index in [0.29, 0.717) is 5.92 Å². The average molecular weight is 278 g/mol. The Bertz CT molecular complexity index is 366. The Hall–Kier alpha value is -1.06. The van der Waals surface area contributed by atoms with Crippen LogP contribution in [-0.2, 0) is 9.47 Å². The van der Waals surface area contributed by atoms with Crippen LogP contribution in [0.5, 0.6) is 5.75 Å². The summed E-state index contributed by atoms with van der Waals surface area (Å²) in [6, 6.07) is 8.06. The van der Waals surface area contributed by atoms with Gasteiger partial charge in [-0.2, -0.15) is 0 Å². The number of unbranched alkanes of at least 4 members (excludes halogenated alkanes) is 1. The van der Waals surface area contributed by atoms with E-state index in [1.807, 2.05) is 24.3 Å². The maximum absolute atomic E-state index is 5.80. The molecule has 0 radical (unpaired) electrons. The molecule has 20 heavy (non-hydrogen) atoms. The zero-order valence-corrected chi connectivity index (χ0v) is 12.6. The number of rotatable bonds is 7. The lowest BCUT2D eigenvalue weighted by Crippen LogP contribution is -2.26. The molecule has 0 atom stereocenters. The highest BCUT2D eigenvalue weighted by Crippen LogP contribution is 2.27. The standard InChI is InChI=1S/C17H26O3/c1-3-5-11-18-16-9-7-15(8-10-16)17-19-12-14(6-4-2)13-20-17/h7-10,14,17H,3-6,11-13H2,1-2H3. The molecule has 1 aromatic rings. The maximum atomic E-state index is 5.80. The number of benzene rings is 1. The van der Waals surface area contributed by atoms with Crippen LogP contribution in [0.3, 0.4) is 0 Å². The van der Waals surface area contributed by atoms with Gasteiger partial charge in [0, 0.05) is 11.5 Å². The molecular weight excluding hydrogens is 252 g/mol. The molecule has 0 unspecified atom stereocenters. The smallest absolute Gasteiger partial charge is 0.183 e. The van der Waals surface area contributed by atoms with Gasteiger partial charge in [-0.15, -0.1) is 0 Å². The second-order valence-electron chi connectivity index (χ2n) is 5.42. The highest BCUT2D eigenvalue weighted by atomic mass is 16.7. The van der Waals surface area contributed by atoms with Gasteiger partial charge in [0.2, 0.25) is 0 Å². The Labute approximate surface area is 122 Å². The van der Waals surface area contributed by atoms with E-state index < -0.39 is 0 Å². The third kappa shape index (κ3) is 4.50. The Balaban J connectivity index is 1.81. The average Bonchev–Trinajstić information content (AvgIpc) is 2.49. The van der Waals surface area contributed by atoms with Crippen molar-refractivity contribution in [1.82, 2.24) is 0 Å². The van der Waals surface area contributed by atoms with Crippen molar-refractivity contribution in [2.75, 3.05) is 19.8 Å². The number of hydrogen-bond donors (Lipinski definition) is 0. The number of ether oxygens (including phenoxy) is 3. The van der Waals surface area contributed by atoms with Crippen molar-refractivity contribution >= 4 is 0 Å². The highest BCUT2D eigenvalue weighted by molar-refractivity contribution is 5.28. The molecule has 0 aromatic heterocycles. The molecule has 112 valence electrons. The van der Waals surface area contributed by atoms with E-state index in [4.69, 9.17) is 14.2 Å². The molecule has 3 nitrogen and oxygen atoms in total. The minimum atomic E-state index is -0.215. The lowest BCUT2D eigenvalue weighted by Gasteiger charge is -2.29. The van der Waals surface area contributed by atoms with E-state index >= 15 is 0 Å². The van der Waals surface area contributed by atoms with Gasteiger partial charge in [0.25, 0.3) is 0 Å². The third-order valence-corrected chi connectivity index (χ3v) is 3.58. The van der Waals surface area contributed by atoms with Crippen molar-refractivity contribution in [3.05, 3.63) is 29.8 Å². The maximum Gasteiger partial charge on any atom is 0.183 e. The molecule has 1 saturated heterocycles. The van der Waals surface area contributed by atoms with Crippen LogP contribution in [0.25, 0.3) is 0 Å². The number of hydrogen-bond acceptors (Lipinski definition) is 3. The molecular formula is C17H26O3. The summed E-state index contributed by atoms with van der Waals surface area (Å²) in [5.41, 5.74) is 1.07. The molecule has 0 amide bonds. The third-order valence-electron chi connectivity index (χ3n) is 3.58. The molecule has 0 saturated carbocycles. The van der Waals surface area contributed by atoms with Crippen LogP contribution in [0.4, 0.5) is 0 Å². The Morgan fingerprint density at radius 3 is 2.35 bits per heavy atom. The first-order chi connectivity index (χ1) is 9.83. The molecule has 1 heterocycles. The predicted octanol–water partition coefficient (Wildman–Crippen LogP) is 4.33. The molecule has 0 N–H and O–H groups in total. The fourth-order valence-corrected chi connectivity index (χ4v) is 2.37. The molecule has 1 aliphatic heterocycles. The largest absolute Gasteiger partial charge is 0.494 e. The van der Waals surface area contributed by atoms with E-state index in [0.717, 1.165) is 44.0 Å². The summed E-state index contributed by atoms with van der Waals surface area (Å²) >= 11 is 0. The fraction of sp³-hybridized carbons (Fsp3) is 0.647. The molecule has 0 bridgehead atoms. The van der Waals surface area contributed by atoms with Crippen LogP contribution in [0, 0.1) is 5.92 Å². The van der Waals surface area contributed by atoms with Crippen molar-refractivity contribution in [1.29, 1.82) is 0 Å². The molecule has 0 spiro atoms. The predicted molar refractivity (Wildman–Crippen MR) is 79.9 cm³/mol. The summed E-state index contributed by atoms with van der Waals surface area (Å²) in [7, 11) is 0. The summed E-state index contributed by atoms with van der Waals surface area (Å²) in [6.45, 7) is 6.74.